The number of aryl methyl sites for hydroxylation is 2. The van der Waals surface area contributed by atoms with Crippen LogP contribution in [0, 0.1) is 6.92 Å². The topological polar surface area (TPSA) is 36.1 Å². The van der Waals surface area contributed by atoms with Crippen molar-refractivity contribution in [3.8, 4) is 5.75 Å². The molecular formula is C14H15N2OS+. The fraction of sp³-hybridized carbons (Fsp3) is 0.214. The van der Waals surface area contributed by atoms with Gasteiger partial charge in [0.25, 0.3) is 0 Å². The second kappa shape index (κ2) is 3.85. The van der Waals surface area contributed by atoms with Crippen LogP contribution >= 0.6 is 11.3 Å². The maximum atomic E-state index is 10.3. The van der Waals surface area contributed by atoms with E-state index in [0.29, 0.717) is 5.75 Å². The van der Waals surface area contributed by atoms with Gasteiger partial charge in [-0.1, -0.05) is 18.2 Å². The molecule has 3 aromatic rings. The summed E-state index contributed by atoms with van der Waals surface area (Å²) in [7, 11) is 3.97. The Morgan fingerprint density at radius 3 is 2.56 bits per heavy atom. The third-order valence-electron chi connectivity index (χ3n) is 3.40. The molecule has 0 amide bonds. The van der Waals surface area contributed by atoms with Crippen LogP contribution in [0.15, 0.2) is 24.3 Å². The number of anilines is 1. The fourth-order valence-electron chi connectivity index (χ4n) is 2.45. The lowest BCUT2D eigenvalue weighted by molar-refractivity contribution is -0.625. The molecule has 2 aromatic carbocycles. The molecule has 0 fully saturated rings. The summed E-state index contributed by atoms with van der Waals surface area (Å²) in [6.07, 6.45) is 0. The van der Waals surface area contributed by atoms with Crippen LogP contribution < -0.4 is 9.88 Å². The molecule has 0 saturated heterocycles. The summed E-state index contributed by atoms with van der Waals surface area (Å²) in [5.74, 6) is 0.391. The number of aromatic nitrogens is 1. The lowest BCUT2D eigenvalue weighted by Gasteiger charge is -2.05. The highest BCUT2D eigenvalue weighted by Gasteiger charge is 2.20. The molecule has 2 N–H and O–H groups in total. The standard InChI is InChI=1S/C14H14N2OS/c1-8-12(17)10-7-5-4-6-9(10)11-13(8)18-14(15-2)16(11)3/h4-7,17H,1-3H3/p+1. The first-order valence-electron chi connectivity index (χ1n) is 5.85. The first kappa shape index (κ1) is 11.3. The maximum absolute atomic E-state index is 10.3. The van der Waals surface area contributed by atoms with Crippen molar-refractivity contribution < 1.29 is 9.67 Å². The van der Waals surface area contributed by atoms with Gasteiger partial charge in [-0.25, -0.2) is 4.57 Å². The Morgan fingerprint density at radius 1 is 1.22 bits per heavy atom. The molecule has 0 aliphatic heterocycles. The Kier molecular flexibility index (Phi) is 2.41. The van der Waals surface area contributed by atoms with Gasteiger partial charge < -0.3 is 5.11 Å². The predicted molar refractivity (Wildman–Crippen MR) is 76.5 cm³/mol. The van der Waals surface area contributed by atoms with Crippen LogP contribution in [-0.4, -0.2) is 12.2 Å². The van der Waals surface area contributed by atoms with E-state index in [4.69, 9.17) is 0 Å². The summed E-state index contributed by atoms with van der Waals surface area (Å²) in [5.41, 5.74) is 2.13. The fourth-order valence-corrected chi connectivity index (χ4v) is 3.57. The quantitative estimate of drug-likeness (QED) is 0.659. The monoisotopic (exact) mass is 259 g/mol. The molecule has 0 radical (unpaired) electrons. The summed E-state index contributed by atoms with van der Waals surface area (Å²) in [6, 6.07) is 7.99. The Labute approximate surface area is 109 Å². The lowest BCUT2D eigenvalue weighted by Crippen LogP contribution is -2.29. The lowest BCUT2D eigenvalue weighted by atomic mass is 10.0. The summed E-state index contributed by atoms with van der Waals surface area (Å²) in [5, 5.41) is 16.6. The van der Waals surface area contributed by atoms with Crippen LogP contribution in [0.3, 0.4) is 0 Å². The third kappa shape index (κ3) is 1.32. The molecule has 1 heterocycles. The normalized spacial score (nSPS) is 11.3. The first-order chi connectivity index (χ1) is 8.65. The van der Waals surface area contributed by atoms with Crippen molar-refractivity contribution >= 4 is 37.5 Å². The zero-order chi connectivity index (χ0) is 12.9. The highest BCUT2D eigenvalue weighted by molar-refractivity contribution is 7.22. The van der Waals surface area contributed by atoms with Gasteiger partial charge in [0.05, 0.1) is 18.8 Å². The van der Waals surface area contributed by atoms with Gasteiger partial charge in [-0.15, -0.1) is 0 Å². The van der Waals surface area contributed by atoms with Crippen LogP contribution in [0.2, 0.25) is 0 Å². The number of aromatic hydroxyl groups is 1. The minimum absolute atomic E-state index is 0.391. The van der Waals surface area contributed by atoms with Gasteiger partial charge in [0.15, 0.2) is 5.52 Å². The number of benzene rings is 2. The smallest absolute Gasteiger partial charge is 0.334 e. The average molecular weight is 259 g/mol. The van der Waals surface area contributed by atoms with Crippen molar-refractivity contribution in [1.82, 2.24) is 0 Å². The number of hydrogen-bond acceptors (Lipinski definition) is 3. The number of hydrogen-bond donors (Lipinski definition) is 2. The van der Waals surface area contributed by atoms with E-state index in [1.807, 2.05) is 39.2 Å². The number of fused-ring (bicyclic) bond motifs is 3. The summed E-state index contributed by atoms with van der Waals surface area (Å²) in [4.78, 5) is 0. The molecule has 3 rings (SSSR count). The van der Waals surface area contributed by atoms with Crippen molar-refractivity contribution in [2.45, 2.75) is 6.92 Å². The molecule has 4 heteroatoms. The maximum Gasteiger partial charge on any atom is 0.334 e. The van der Waals surface area contributed by atoms with E-state index in [2.05, 4.69) is 16.0 Å². The van der Waals surface area contributed by atoms with E-state index in [0.717, 1.165) is 26.2 Å². The van der Waals surface area contributed by atoms with E-state index >= 15 is 0 Å². The zero-order valence-corrected chi connectivity index (χ0v) is 11.4. The average Bonchev–Trinajstić information content (AvgIpc) is 2.73. The molecule has 92 valence electrons. The van der Waals surface area contributed by atoms with Crippen LogP contribution in [0.5, 0.6) is 5.75 Å². The zero-order valence-electron chi connectivity index (χ0n) is 10.6. The molecule has 0 saturated carbocycles. The van der Waals surface area contributed by atoms with Crippen molar-refractivity contribution in [2.24, 2.45) is 7.05 Å². The number of rotatable bonds is 1. The van der Waals surface area contributed by atoms with E-state index < -0.39 is 0 Å². The van der Waals surface area contributed by atoms with Crippen LogP contribution in [0.25, 0.3) is 21.0 Å². The summed E-state index contributed by atoms with van der Waals surface area (Å²) >= 11 is 1.67. The molecule has 18 heavy (non-hydrogen) atoms. The van der Waals surface area contributed by atoms with E-state index in [9.17, 15) is 5.11 Å². The molecule has 0 atom stereocenters. The molecule has 0 aliphatic carbocycles. The van der Waals surface area contributed by atoms with Crippen LogP contribution in [-0.2, 0) is 7.05 Å². The molecular weight excluding hydrogens is 244 g/mol. The Balaban J connectivity index is 2.64. The van der Waals surface area contributed by atoms with Gasteiger partial charge in [0, 0.05) is 16.3 Å². The number of phenolic OH excluding ortho intramolecular Hbond substituents is 1. The predicted octanol–water partition coefficient (Wildman–Crippen LogP) is 2.93. The number of nitrogens with one attached hydrogen (secondary N) is 1. The Hall–Kier alpha value is -1.81. The minimum Gasteiger partial charge on any atom is -0.507 e. The highest BCUT2D eigenvalue weighted by atomic mass is 32.1. The van der Waals surface area contributed by atoms with E-state index in [-0.39, 0.29) is 0 Å². The molecule has 0 bridgehead atoms. The van der Waals surface area contributed by atoms with Crippen LogP contribution in [0.4, 0.5) is 5.13 Å². The van der Waals surface area contributed by atoms with Crippen molar-refractivity contribution in [3.05, 3.63) is 29.8 Å². The molecule has 1 aromatic heterocycles. The van der Waals surface area contributed by atoms with Gasteiger partial charge in [0.2, 0.25) is 0 Å². The minimum atomic E-state index is 0.391. The molecule has 3 nitrogen and oxygen atoms in total. The van der Waals surface area contributed by atoms with E-state index in [1.165, 1.54) is 5.52 Å². The molecule has 0 aliphatic rings. The number of nitrogens with zero attached hydrogens (tertiary/aromatic N) is 1. The van der Waals surface area contributed by atoms with Gasteiger partial charge in [-0.05, 0) is 24.3 Å². The largest absolute Gasteiger partial charge is 0.507 e. The van der Waals surface area contributed by atoms with Gasteiger partial charge in [-0.3, -0.25) is 5.32 Å². The second-order valence-corrected chi connectivity index (χ2v) is 5.41. The van der Waals surface area contributed by atoms with E-state index in [1.54, 1.807) is 11.3 Å². The molecule has 0 unspecified atom stereocenters. The first-order valence-corrected chi connectivity index (χ1v) is 6.67. The van der Waals surface area contributed by atoms with Crippen molar-refractivity contribution in [1.29, 1.82) is 0 Å². The SMILES string of the molecule is CNc1sc2c(C)c(O)c3ccccc3c2[n+]1C. The highest BCUT2D eigenvalue weighted by Crippen LogP contribution is 2.39. The number of phenols is 1. The second-order valence-electron chi connectivity index (χ2n) is 4.41. The summed E-state index contributed by atoms with van der Waals surface area (Å²) in [6.45, 7) is 1.97. The summed E-state index contributed by atoms with van der Waals surface area (Å²) < 4.78 is 3.28. The van der Waals surface area contributed by atoms with Crippen molar-refractivity contribution in [3.63, 3.8) is 0 Å². The Morgan fingerprint density at radius 2 is 1.89 bits per heavy atom. The van der Waals surface area contributed by atoms with Gasteiger partial charge in [0.1, 0.15) is 5.75 Å². The van der Waals surface area contributed by atoms with Gasteiger partial charge >= 0.3 is 5.13 Å². The molecule has 0 spiro atoms. The third-order valence-corrected chi connectivity index (χ3v) is 4.78. The van der Waals surface area contributed by atoms with Crippen LogP contribution in [0.1, 0.15) is 5.56 Å². The van der Waals surface area contributed by atoms with Crippen molar-refractivity contribution in [2.75, 3.05) is 12.4 Å². The van der Waals surface area contributed by atoms with Gasteiger partial charge in [-0.2, -0.15) is 0 Å². The Bertz CT molecular complexity index is 761. The number of thiazole rings is 1.